The smallest absolute Gasteiger partial charge is 0.252 e. The van der Waals surface area contributed by atoms with Crippen molar-refractivity contribution in [2.45, 2.75) is 12.3 Å². The van der Waals surface area contributed by atoms with Crippen LogP contribution in [0.2, 0.25) is 0 Å². The van der Waals surface area contributed by atoms with Gasteiger partial charge in [-0.05, 0) is 6.92 Å². The van der Waals surface area contributed by atoms with E-state index in [0.717, 1.165) is 13.1 Å². The maximum absolute atomic E-state index is 11.1. The molecule has 1 heterocycles. The quantitative estimate of drug-likeness (QED) is 0.626. The zero-order valence-electron chi connectivity index (χ0n) is 7.05. The van der Waals surface area contributed by atoms with Crippen LogP contribution in [0.5, 0.6) is 0 Å². The van der Waals surface area contributed by atoms with E-state index >= 15 is 0 Å². The highest BCUT2D eigenvalue weighted by Crippen LogP contribution is 1.96. The summed E-state index contributed by atoms with van der Waals surface area (Å²) < 4.78 is 5.12. The maximum Gasteiger partial charge on any atom is 0.252 e. The van der Waals surface area contributed by atoms with Crippen LogP contribution in [0.3, 0.4) is 0 Å². The molecule has 1 atom stereocenters. The van der Waals surface area contributed by atoms with Gasteiger partial charge in [0.1, 0.15) is 5.38 Å². The molecule has 12 heavy (non-hydrogen) atoms. The molecule has 0 bridgehead atoms. The van der Waals surface area contributed by atoms with E-state index < -0.39 is 5.38 Å². The van der Waals surface area contributed by atoms with Crippen molar-refractivity contribution in [2.75, 3.05) is 26.3 Å². The van der Waals surface area contributed by atoms with Gasteiger partial charge in [-0.3, -0.25) is 10.2 Å². The summed E-state index contributed by atoms with van der Waals surface area (Å²) in [6.07, 6.45) is 0. The lowest BCUT2D eigenvalue weighted by molar-refractivity contribution is -0.127. The molecule has 0 aromatic heterocycles. The number of alkyl halides is 1. The molecule has 1 fully saturated rings. The van der Waals surface area contributed by atoms with Crippen LogP contribution in [0, 0.1) is 0 Å². The molecule has 1 unspecified atom stereocenters. The Hall–Kier alpha value is -0.320. The molecule has 1 aliphatic heterocycles. The summed E-state index contributed by atoms with van der Waals surface area (Å²) in [5.74, 6) is -0.154. The molecule has 0 radical (unpaired) electrons. The van der Waals surface area contributed by atoms with Crippen molar-refractivity contribution in [3.05, 3.63) is 0 Å². The number of halogens is 1. The third-order valence-corrected chi connectivity index (χ3v) is 1.84. The summed E-state index contributed by atoms with van der Waals surface area (Å²) in [7, 11) is 0. The minimum Gasteiger partial charge on any atom is -0.379 e. The molecule has 1 saturated heterocycles. The Bertz CT molecular complexity index is 157. The molecule has 0 spiro atoms. The van der Waals surface area contributed by atoms with Crippen molar-refractivity contribution in [3.63, 3.8) is 0 Å². The molecule has 1 aliphatic rings. The Morgan fingerprint density at radius 3 is 2.67 bits per heavy atom. The van der Waals surface area contributed by atoms with Crippen LogP contribution in [0.1, 0.15) is 6.92 Å². The third-order valence-electron chi connectivity index (χ3n) is 1.64. The van der Waals surface area contributed by atoms with Gasteiger partial charge in [-0.25, -0.2) is 5.01 Å². The minimum atomic E-state index is -0.479. The van der Waals surface area contributed by atoms with E-state index in [0.29, 0.717) is 13.2 Å². The van der Waals surface area contributed by atoms with Crippen molar-refractivity contribution in [2.24, 2.45) is 0 Å². The number of hydrazine groups is 1. The van der Waals surface area contributed by atoms with Gasteiger partial charge < -0.3 is 4.74 Å². The predicted octanol–water partition coefficient (Wildman–Crippen LogP) is -0.0229. The Balaban J connectivity index is 2.24. The highest BCUT2D eigenvalue weighted by Gasteiger charge is 2.15. The zero-order valence-corrected chi connectivity index (χ0v) is 7.80. The highest BCUT2D eigenvalue weighted by atomic mass is 35.5. The zero-order chi connectivity index (χ0) is 8.97. The Labute approximate surface area is 76.8 Å². The van der Waals surface area contributed by atoms with E-state index in [-0.39, 0.29) is 5.91 Å². The molecule has 1 N–H and O–H groups in total. The monoisotopic (exact) mass is 192 g/mol. The first kappa shape index (κ1) is 9.77. The number of morpholine rings is 1. The van der Waals surface area contributed by atoms with Gasteiger partial charge in [-0.2, -0.15) is 0 Å². The van der Waals surface area contributed by atoms with Gasteiger partial charge in [0, 0.05) is 13.1 Å². The first-order chi connectivity index (χ1) is 5.70. The van der Waals surface area contributed by atoms with Crippen LogP contribution < -0.4 is 5.43 Å². The number of amides is 1. The molecule has 70 valence electrons. The number of hydrogen-bond acceptors (Lipinski definition) is 3. The van der Waals surface area contributed by atoms with Gasteiger partial charge in [0.25, 0.3) is 5.91 Å². The van der Waals surface area contributed by atoms with E-state index in [1.165, 1.54) is 0 Å². The normalized spacial score (nSPS) is 21.8. The number of nitrogens with one attached hydrogen (secondary N) is 1. The van der Waals surface area contributed by atoms with Crippen molar-refractivity contribution < 1.29 is 9.53 Å². The van der Waals surface area contributed by atoms with Gasteiger partial charge in [0.2, 0.25) is 0 Å². The lowest BCUT2D eigenvalue weighted by Crippen LogP contribution is -2.50. The van der Waals surface area contributed by atoms with Crippen LogP contribution in [0.25, 0.3) is 0 Å². The molecule has 1 rings (SSSR count). The molecule has 1 amide bonds. The largest absolute Gasteiger partial charge is 0.379 e. The van der Waals surface area contributed by atoms with Crippen LogP contribution in [-0.4, -0.2) is 42.6 Å². The number of rotatable bonds is 2. The fourth-order valence-corrected chi connectivity index (χ4v) is 0.969. The molecular weight excluding hydrogens is 180 g/mol. The number of carbonyl (C=O) groups is 1. The third kappa shape index (κ3) is 2.97. The number of nitrogens with zero attached hydrogens (tertiary/aromatic N) is 1. The van der Waals surface area contributed by atoms with Gasteiger partial charge in [-0.15, -0.1) is 11.6 Å². The van der Waals surface area contributed by atoms with Gasteiger partial charge in [0.15, 0.2) is 0 Å². The van der Waals surface area contributed by atoms with E-state index in [4.69, 9.17) is 16.3 Å². The van der Waals surface area contributed by atoms with E-state index in [9.17, 15) is 4.79 Å². The van der Waals surface area contributed by atoms with Gasteiger partial charge in [0.05, 0.1) is 13.2 Å². The van der Waals surface area contributed by atoms with E-state index in [2.05, 4.69) is 5.43 Å². The van der Waals surface area contributed by atoms with Crippen molar-refractivity contribution in [1.82, 2.24) is 10.4 Å². The molecule has 0 saturated carbocycles. The Morgan fingerprint density at radius 2 is 2.17 bits per heavy atom. The summed E-state index contributed by atoms with van der Waals surface area (Å²) >= 11 is 5.58. The highest BCUT2D eigenvalue weighted by molar-refractivity contribution is 6.30. The minimum absolute atomic E-state index is 0.154. The van der Waals surface area contributed by atoms with Crippen LogP contribution in [0.15, 0.2) is 0 Å². The predicted molar refractivity (Wildman–Crippen MR) is 45.8 cm³/mol. The van der Waals surface area contributed by atoms with Gasteiger partial charge in [-0.1, -0.05) is 0 Å². The molecule has 0 aromatic carbocycles. The Kier molecular flexibility index (Phi) is 3.78. The summed E-state index contributed by atoms with van der Waals surface area (Å²) in [6, 6.07) is 0. The average Bonchev–Trinajstić information content (AvgIpc) is 2.06. The second-order valence-electron chi connectivity index (χ2n) is 2.69. The van der Waals surface area contributed by atoms with Gasteiger partial charge >= 0.3 is 0 Å². The number of carbonyl (C=O) groups excluding carboxylic acids is 1. The van der Waals surface area contributed by atoms with Crippen LogP contribution in [0.4, 0.5) is 0 Å². The summed E-state index contributed by atoms with van der Waals surface area (Å²) in [5, 5.41) is 1.35. The first-order valence-corrected chi connectivity index (χ1v) is 4.41. The number of hydrogen-bond donors (Lipinski definition) is 1. The first-order valence-electron chi connectivity index (χ1n) is 3.97. The second-order valence-corrected chi connectivity index (χ2v) is 3.35. The molecule has 0 aliphatic carbocycles. The fourth-order valence-electron chi connectivity index (χ4n) is 0.920. The van der Waals surface area contributed by atoms with E-state index in [1.807, 2.05) is 5.01 Å². The van der Waals surface area contributed by atoms with Crippen LogP contribution in [-0.2, 0) is 9.53 Å². The second kappa shape index (κ2) is 4.64. The summed E-state index contributed by atoms with van der Waals surface area (Å²) in [5.41, 5.74) is 2.70. The molecule has 0 aromatic rings. The Morgan fingerprint density at radius 1 is 1.58 bits per heavy atom. The standard InChI is InChI=1S/C7H13ClN2O2/c1-6(8)7(11)9-10-2-4-12-5-3-10/h6H,2-5H2,1H3,(H,9,11). The van der Waals surface area contributed by atoms with Crippen molar-refractivity contribution in [1.29, 1.82) is 0 Å². The summed E-state index contributed by atoms with van der Waals surface area (Å²) in [6.45, 7) is 4.44. The number of ether oxygens (including phenoxy) is 1. The lowest BCUT2D eigenvalue weighted by atomic mass is 10.4. The average molecular weight is 193 g/mol. The SMILES string of the molecule is CC(Cl)C(=O)NN1CCOCC1. The molecular formula is C7H13ClN2O2. The fraction of sp³-hybridized carbons (Fsp3) is 0.857. The topological polar surface area (TPSA) is 41.6 Å². The lowest BCUT2D eigenvalue weighted by Gasteiger charge is -2.27. The van der Waals surface area contributed by atoms with Crippen molar-refractivity contribution in [3.8, 4) is 0 Å². The van der Waals surface area contributed by atoms with Crippen molar-refractivity contribution >= 4 is 17.5 Å². The summed E-state index contributed by atoms with van der Waals surface area (Å²) in [4.78, 5) is 11.1. The molecule has 5 heteroatoms. The van der Waals surface area contributed by atoms with Crippen LogP contribution >= 0.6 is 11.6 Å². The molecule has 4 nitrogen and oxygen atoms in total. The van der Waals surface area contributed by atoms with E-state index in [1.54, 1.807) is 6.92 Å². The maximum atomic E-state index is 11.1.